The van der Waals surface area contributed by atoms with Crippen molar-refractivity contribution < 1.29 is 14.0 Å². The van der Waals surface area contributed by atoms with Crippen LogP contribution < -0.4 is 10.2 Å². The number of aryl methyl sites for hydroxylation is 1. The van der Waals surface area contributed by atoms with Gasteiger partial charge in [-0.2, -0.15) is 0 Å². The normalized spacial score (nSPS) is 14.1. The van der Waals surface area contributed by atoms with Crippen molar-refractivity contribution in [1.82, 2.24) is 10.2 Å². The van der Waals surface area contributed by atoms with Crippen LogP contribution in [0.25, 0.3) is 0 Å². The van der Waals surface area contributed by atoms with Crippen molar-refractivity contribution in [3.8, 4) is 0 Å². The highest BCUT2D eigenvalue weighted by molar-refractivity contribution is 5.97. The number of benzene rings is 2. The first kappa shape index (κ1) is 18.9. The van der Waals surface area contributed by atoms with Crippen LogP contribution in [0.3, 0.4) is 0 Å². The van der Waals surface area contributed by atoms with E-state index >= 15 is 0 Å². The van der Waals surface area contributed by atoms with Gasteiger partial charge in [0, 0.05) is 32.7 Å². The molecule has 3 rings (SSSR count). The van der Waals surface area contributed by atoms with Crippen molar-refractivity contribution in [3.63, 3.8) is 0 Å². The number of para-hydroxylation sites is 1. The number of rotatable bonds is 5. The van der Waals surface area contributed by atoms with E-state index in [0.29, 0.717) is 38.4 Å². The van der Waals surface area contributed by atoms with Crippen LogP contribution in [0.15, 0.2) is 48.5 Å². The number of amides is 2. The Labute approximate surface area is 158 Å². The molecule has 0 bridgehead atoms. The summed E-state index contributed by atoms with van der Waals surface area (Å²) in [6.07, 6.45) is -0.161. The molecule has 1 fully saturated rings. The predicted molar refractivity (Wildman–Crippen MR) is 103 cm³/mol. The van der Waals surface area contributed by atoms with Gasteiger partial charge in [-0.15, -0.1) is 0 Å². The van der Waals surface area contributed by atoms with Gasteiger partial charge in [-0.3, -0.25) is 9.59 Å². The van der Waals surface area contributed by atoms with Crippen LogP contribution in [0, 0.1) is 12.7 Å². The highest BCUT2D eigenvalue weighted by Gasteiger charge is 2.24. The zero-order valence-electron chi connectivity index (χ0n) is 15.5. The fourth-order valence-electron chi connectivity index (χ4n) is 3.22. The highest BCUT2D eigenvalue weighted by atomic mass is 19.1. The van der Waals surface area contributed by atoms with E-state index in [1.54, 1.807) is 23.1 Å². The van der Waals surface area contributed by atoms with Crippen LogP contribution >= 0.6 is 0 Å². The van der Waals surface area contributed by atoms with Gasteiger partial charge in [0.25, 0.3) is 0 Å². The maximum Gasteiger partial charge on any atom is 0.232 e. The SMILES string of the molecule is Cc1ccccc1CNC(=O)CC(=O)N1CCN(c2ccccc2F)CC1. The third-order valence-corrected chi connectivity index (χ3v) is 4.87. The first-order valence-corrected chi connectivity index (χ1v) is 9.13. The van der Waals surface area contributed by atoms with E-state index in [2.05, 4.69) is 5.32 Å². The number of carbonyl (C=O) groups excluding carboxylic acids is 2. The molecule has 0 aromatic heterocycles. The molecule has 2 amide bonds. The molecule has 1 heterocycles. The summed E-state index contributed by atoms with van der Waals surface area (Å²) in [5.41, 5.74) is 2.70. The lowest BCUT2D eigenvalue weighted by Crippen LogP contribution is -2.49. The number of hydrogen-bond acceptors (Lipinski definition) is 3. The van der Waals surface area contributed by atoms with Gasteiger partial charge < -0.3 is 15.1 Å². The Balaban J connectivity index is 1.46. The summed E-state index contributed by atoms with van der Waals surface area (Å²) in [7, 11) is 0. The second-order valence-electron chi connectivity index (χ2n) is 6.70. The molecule has 5 nitrogen and oxygen atoms in total. The molecule has 0 radical (unpaired) electrons. The molecule has 0 saturated carbocycles. The average Bonchev–Trinajstić information content (AvgIpc) is 2.68. The van der Waals surface area contributed by atoms with Crippen LogP contribution in [-0.4, -0.2) is 42.9 Å². The summed E-state index contributed by atoms with van der Waals surface area (Å²) in [4.78, 5) is 28.1. The summed E-state index contributed by atoms with van der Waals surface area (Å²) in [5.74, 6) is -0.724. The summed E-state index contributed by atoms with van der Waals surface area (Å²) < 4.78 is 13.9. The standard InChI is InChI=1S/C21H24FN3O2/c1-16-6-2-3-7-17(16)15-23-20(26)14-21(27)25-12-10-24(11-13-25)19-9-5-4-8-18(19)22/h2-9H,10-15H2,1H3,(H,23,26). The smallest absolute Gasteiger partial charge is 0.232 e. The second kappa shape index (κ2) is 8.66. The predicted octanol–water partition coefficient (Wildman–Crippen LogP) is 2.49. The van der Waals surface area contributed by atoms with E-state index in [9.17, 15) is 14.0 Å². The van der Waals surface area contributed by atoms with E-state index in [0.717, 1.165) is 11.1 Å². The van der Waals surface area contributed by atoms with Gasteiger partial charge in [-0.25, -0.2) is 4.39 Å². The number of carbonyl (C=O) groups is 2. The topological polar surface area (TPSA) is 52.7 Å². The second-order valence-corrected chi connectivity index (χ2v) is 6.70. The Morgan fingerprint density at radius 2 is 1.67 bits per heavy atom. The maximum atomic E-state index is 13.9. The van der Waals surface area contributed by atoms with E-state index < -0.39 is 0 Å². The first-order chi connectivity index (χ1) is 13.0. The zero-order valence-corrected chi connectivity index (χ0v) is 15.5. The number of hydrogen-bond donors (Lipinski definition) is 1. The third kappa shape index (κ3) is 4.84. The van der Waals surface area contributed by atoms with Gasteiger partial charge in [0.1, 0.15) is 12.2 Å². The molecule has 0 spiro atoms. The van der Waals surface area contributed by atoms with Crippen LogP contribution in [0.1, 0.15) is 17.5 Å². The van der Waals surface area contributed by atoms with E-state index in [1.165, 1.54) is 6.07 Å². The highest BCUT2D eigenvalue weighted by Crippen LogP contribution is 2.20. The number of anilines is 1. The molecule has 2 aromatic carbocycles. The molecule has 1 aliphatic heterocycles. The molecule has 0 aliphatic carbocycles. The Bertz CT molecular complexity index is 817. The minimum Gasteiger partial charge on any atom is -0.366 e. The van der Waals surface area contributed by atoms with Crippen molar-refractivity contribution in [1.29, 1.82) is 0 Å². The molecule has 142 valence electrons. The van der Waals surface area contributed by atoms with Gasteiger partial charge in [0.05, 0.1) is 5.69 Å². The summed E-state index contributed by atoms with van der Waals surface area (Å²) in [6, 6.07) is 14.5. The molecule has 27 heavy (non-hydrogen) atoms. The van der Waals surface area contributed by atoms with Crippen molar-refractivity contribution in [2.45, 2.75) is 19.9 Å². The molecule has 2 aromatic rings. The van der Waals surface area contributed by atoms with Crippen LogP contribution in [0.5, 0.6) is 0 Å². The molecular formula is C21H24FN3O2. The lowest BCUT2D eigenvalue weighted by Gasteiger charge is -2.36. The van der Waals surface area contributed by atoms with Crippen molar-refractivity contribution >= 4 is 17.5 Å². The largest absolute Gasteiger partial charge is 0.366 e. The lowest BCUT2D eigenvalue weighted by molar-refractivity contribution is -0.136. The van der Waals surface area contributed by atoms with Gasteiger partial charge in [0.15, 0.2) is 0 Å². The molecule has 6 heteroatoms. The van der Waals surface area contributed by atoms with E-state index in [4.69, 9.17) is 0 Å². The van der Waals surface area contributed by atoms with E-state index in [-0.39, 0.29) is 24.1 Å². The van der Waals surface area contributed by atoms with Gasteiger partial charge in [-0.05, 0) is 30.2 Å². The minimum atomic E-state index is -0.278. The monoisotopic (exact) mass is 369 g/mol. The Kier molecular flexibility index (Phi) is 6.06. The molecule has 1 aliphatic rings. The van der Waals surface area contributed by atoms with Crippen LogP contribution in [0.4, 0.5) is 10.1 Å². The molecule has 0 atom stereocenters. The molecular weight excluding hydrogens is 345 g/mol. The number of piperazine rings is 1. The summed E-state index contributed by atoms with van der Waals surface area (Å²) in [6.45, 7) is 4.48. The van der Waals surface area contributed by atoms with Gasteiger partial charge in [0.2, 0.25) is 11.8 Å². The van der Waals surface area contributed by atoms with E-state index in [1.807, 2.05) is 36.1 Å². The van der Waals surface area contributed by atoms with Crippen molar-refractivity contribution in [2.75, 3.05) is 31.1 Å². The Morgan fingerprint density at radius 1 is 1.00 bits per heavy atom. The first-order valence-electron chi connectivity index (χ1n) is 9.13. The van der Waals surface area contributed by atoms with Crippen LogP contribution in [-0.2, 0) is 16.1 Å². The molecule has 1 N–H and O–H groups in total. The quantitative estimate of drug-likeness (QED) is 0.824. The number of halogens is 1. The zero-order chi connectivity index (χ0) is 19.2. The number of nitrogens with one attached hydrogen (secondary N) is 1. The third-order valence-electron chi connectivity index (χ3n) is 4.87. The lowest BCUT2D eigenvalue weighted by atomic mass is 10.1. The molecule has 1 saturated heterocycles. The summed E-state index contributed by atoms with van der Waals surface area (Å²) in [5, 5.41) is 2.81. The fraction of sp³-hybridized carbons (Fsp3) is 0.333. The van der Waals surface area contributed by atoms with Crippen LogP contribution in [0.2, 0.25) is 0 Å². The van der Waals surface area contributed by atoms with Crippen molar-refractivity contribution in [2.24, 2.45) is 0 Å². The van der Waals surface area contributed by atoms with Gasteiger partial charge >= 0.3 is 0 Å². The summed E-state index contributed by atoms with van der Waals surface area (Å²) >= 11 is 0. The number of nitrogens with zero attached hydrogens (tertiary/aromatic N) is 2. The maximum absolute atomic E-state index is 13.9. The Morgan fingerprint density at radius 3 is 2.37 bits per heavy atom. The minimum absolute atomic E-state index is 0.161. The average molecular weight is 369 g/mol. The molecule has 0 unspecified atom stereocenters. The Hall–Kier alpha value is -2.89. The van der Waals surface area contributed by atoms with Gasteiger partial charge in [-0.1, -0.05) is 36.4 Å². The van der Waals surface area contributed by atoms with Crippen molar-refractivity contribution in [3.05, 3.63) is 65.5 Å². The fourth-order valence-corrected chi connectivity index (χ4v) is 3.22.